The third-order valence-electron chi connectivity index (χ3n) is 5.09. The van der Waals surface area contributed by atoms with E-state index in [-0.39, 0.29) is 0 Å². The Kier molecular flexibility index (Phi) is 1.35. The van der Waals surface area contributed by atoms with Gasteiger partial charge in [-0.2, -0.15) is 0 Å². The molecule has 0 aromatic rings. The number of rotatable bonds is 0. The molecule has 0 aliphatic heterocycles. The fraction of sp³-hybridized carbons (Fsp3) is 1.00. The van der Waals surface area contributed by atoms with Crippen LogP contribution in [0.1, 0.15) is 46.0 Å². The second-order valence-electron chi connectivity index (χ2n) is 6.31. The van der Waals surface area contributed by atoms with E-state index in [4.69, 9.17) is 0 Å². The minimum Gasteiger partial charge on any atom is -0.244 e. The van der Waals surface area contributed by atoms with Crippen molar-refractivity contribution in [2.45, 2.75) is 51.6 Å². The van der Waals surface area contributed by atoms with Crippen LogP contribution in [0, 0.1) is 23.2 Å². The minimum atomic E-state index is -0.823. The summed E-state index contributed by atoms with van der Waals surface area (Å²) >= 11 is 0. The fourth-order valence-corrected chi connectivity index (χ4v) is 4.56. The molecule has 0 spiro atoms. The van der Waals surface area contributed by atoms with Crippen molar-refractivity contribution in [3.63, 3.8) is 0 Å². The van der Waals surface area contributed by atoms with Crippen LogP contribution < -0.4 is 0 Å². The average molecular weight is 182 g/mol. The van der Waals surface area contributed by atoms with Gasteiger partial charge >= 0.3 is 0 Å². The van der Waals surface area contributed by atoms with Gasteiger partial charge in [0.25, 0.3) is 0 Å². The molecule has 4 aliphatic carbocycles. The molecule has 4 rings (SSSR count). The maximum absolute atomic E-state index is 14.3. The molecule has 4 bridgehead atoms. The number of hydrogen-bond donors (Lipinski definition) is 0. The maximum Gasteiger partial charge on any atom is 0.114 e. The highest BCUT2D eigenvalue weighted by atomic mass is 19.1. The van der Waals surface area contributed by atoms with Crippen LogP contribution in [0.4, 0.5) is 4.39 Å². The summed E-state index contributed by atoms with van der Waals surface area (Å²) in [6.07, 6.45) is 6.06. The first-order valence-corrected chi connectivity index (χ1v) is 5.68. The van der Waals surface area contributed by atoms with Crippen molar-refractivity contribution < 1.29 is 4.39 Å². The van der Waals surface area contributed by atoms with Gasteiger partial charge in [0.1, 0.15) is 5.67 Å². The van der Waals surface area contributed by atoms with Gasteiger partial charge in [-0.25, -0.2) is 4.39 Å². The number of halogens is 1. The predicted molar refractivity (Wildman–Crippen MR) is 51.2 cm³/mol. The van der Waals surface area contributed by atoms with Crippen LogP contribution in [0.2, 0.25) is 0 Å². The first-order valence-electron chi connectivity index (χ1n) is 5.68. The Hall–Kier alpha value is -0.0700. The predicted octanol–water partition coefficient (Wildman–Crippen LogP) is 3.56. The first-order chi connectivity index (χ1) is 6.00. The Morgan fingerprint density at radius 1 is 1.00 bits per heavy atom. The van der Waals surface area contributed by atoms with Crippen molar-refractivity contribution in [3.8, 4) is 0 Å². The fourth-order valence-electron chi connectivity index (χ4n) is 4.56. The molecule has 0 amide bonds. The van der Waals surface area contributed by atoms with Crippen LogP contribution in [-0.2, 0) is 0 Å². The third kappa shape index (κ3) is 0.964. The van der Waals surface area contributed by atoms with Crippen LogP contribution in [0.25, 0.3) is 0 Å². The second kappa shape index (κ2) is 2.12. The highest BCUT2D eigenvalue weighted by molar-refractivity contribution is 5.08. The zero-order chi connectivity index (χ0) is 9.27. The van der Waals surface area contributed by atoms with Crippen molar-refractivity contribution in [1.29, 1.82) is 0 Å². The number of alkyl halides is 1. The lowest BCUT2D eigenvalue weighted by atomic mass is 9.46. The van der Waals surface area contributed by atoms with Gasteiger partial charge in [0.05, 0.1) is 0 Å². The van der Waals surface area contributed by atoms with Gasteiger partial charge in [-0.05, 0) is 62.2 Å². The molecule has 2 unspecified atom stereocenters. The van der Waals surface area contributed by atoms with Crippen molar-refractivity contribution in [3.05, 3.63) is 0 Å². The van der Waals surface area contributed by atoms with E-state index in [1.54, 1.807) is 0 Å². The van der Waals surface area contributed by atoms with Crippen LogP contribution >= 0.6 is 0 Å². The van der Waals surface area contributed by atoms with Crippen LogP contribution in [-0.4, -0.2) is 5.67 Å². The lowest BCUT2D eigenvalue weighted by molar-refractivity contribution is -0.148. The third-order valence-corrected chi connectivity index (χ3v) is 5.09. The molecule has 0 radical (unpaired) electrons. The quantitative estimate of drug-likeness (QED) is 0.537. The van der Waals surface area contributed by atoms with Crippen molar-refractivity contribution in [2.24, 2.45) is 23.2 Å². The van der Waals surface area contributed by atoms with E-state index in [9.17, 15) is 4.39 Å². The van der Waals surface area contributed by atoms with E-state index >= 15 is 0 Å². The molecule has 0 aromatic heterocycles. The summed E-state index contributed by atoms with van der Waals surface area (Å²) in [5.74, 6) is 1.65. The SMILES string of the molecule is CC12CC3CC(C1)C(C)(F)C(C3)C2. The second-order valence-corrected chi connectivity index (χ2v) is 6.31. The highest BCUT2D eigenvalue weighted by Crippen LogP contribution is 2.64. The summed E-state index contributed by atoms with van der Waals surface area (Å²) < 4.78 is 14.3. The van der Waals surface area contributed by atoms with E-state index in [1.807, 2.05) is 6.92 Å². The van der Waals surface area contributed by atoms with Crippen LogP contribution in [0.15, 0.2) is 0 Å². The first kappa shape index (κ1) is 8.26. The van der Waals surface area contributed by atoms with E-state index in [1.165, 1.54) is 19.3 Å². The molecule has 0 saturated heterocycles. The van der Waals surface area contributed by atoms with E-state index < -0.39 is 5.67 Å². The molecule has 13 heavy (non-hydrogen) atoms. The maximum atomic E-state index is 14.3. The Balaban J connectivity index is 1.99. The molecule has 74 valence electrons. The topological polar surface area (TPSA) is 0 Å². The van der Waals surface area contributed by atoms with Crippen molar-refractivity contribution >= 4 is 0 Å². The Morgan fingerprint density at radius 2 is 1.54 bits per heavy atom. The Labute approximate surface area is 79.9 Å². The van der Waals surface area contributed by atoms with E-state index in [2.05, 4.69) is 6.92 Å². The normalized spacial score (nSPS) is 64.4. The molecule has 0 heterocycles. The van der Waals surface area contributed by atoms with Crippen molar-refractivity contribution in [2.75, 3.05) is 0 Å². The molecule has 4 fully saturated rings. The van der Waals surface area contributed by atoms with E-state index in [0.717, 1.165) is 18.8 Å². The Morgan fingerprint density at radius 3 is 2.00 bits per heavy atom. The smallest absolute Gasteiger partial charge is 0.114 e. The molecular formula is C12H19F. The summed E-state index contributed by atoms with van der Waals surface area (Å²) in [6.45, 7) is 4.25. The summed E-state index contributed by atoms with van der Waals surface area (Å²) in [6, 6.07) is 0. The summed E-state index contributed by atoms with van der Waals surface area (Å²) in [7, 11) is 0. The molecule has 0 aromatic carbocycles. The zero-order valence-electron chi connectivity index (χ0n) is 8.65. The van der Waals surface area contributed by atoms with Gasteiger partial charge in [-0.1, -0.05) is 6.92 Å². The number of hydrogen-bond acceptors (Lipinski definition) is 0. The highest BCUT2D eigenvalue weighted by Gasteiger charge is 2.59. The molecule has 2 atom stereocenters. The standard InChI is InChI=1S/C12H19F/c1-11-5-8-3-9(6-11)12(2,13)10(4-8)7-11/h8-10H,3-7H2,1-2H3. The molecule has 0 nitrogen and oxygen atoms in total. The molecule has 4 saturated carbocycles. The average Bonchev–Trinajstić information content (AvgIpc) is 1.97. The summed E-state index contributed by atoms with van der Waals surface area (Å²) in [5.41, 5.74) is -0.307. The van der Waals surface area contributed by atoms with Crippen molar-refractivity contribution in [1.82, 2.24) is 0 Å². The van der Waals surface area contributed by atoms with Gasteiger partial charge in [-0.15, -0.1) is 0 Å². The van der Waals surface area contributed by atoms with Gasteiger partial charge < -0.3 is 0 Å². The molecule has 4 aliphatic rings. The minimum absolute atomic E-state index is 0.392. The van der Waals surface area contributed by atoms with Crippen LogP contribution in [0.3, 0.4) is 0 Å². The molecular weight excluding hydrogens is 163 g/mol. The molecule has 0 N–H and O–H groups in total. The van der Waals surface area contributed by atoms with E-state index in [0.29, 0.717) is 17.3 Å². The lowest BCUT2D eigenvalue weighted by Crippen LogP contribution is -2.56. The monoisotopic (exact) mass is 182 g/mol. The van der Waals surface area contributed by atoms with Gasteiger partial charge in [0.2, 0.25) is 0 Å². The molecule has 1 heteroatoms. The Bertz CT molecular complexity index is 226. The van der Waals surface area contributed by atoms with Gasteiger partial charge in [0.15, 0.2) is 0 Å². The largest absolute Gasteiger partial charge is 0.244 e. The van der Waals surface area contributed by atoms with Gasteiger partial charge in [-0.3, -0.25) is 0 Å². The van der Waals surface area contributed by atoms with Crippen LogP contribution in [0.5, 0.6) is 0 Å². The zero-order valence-corrected chi connectivity index (χ0v) is 8.65. The summed E-state index contributed by atoms with van der Waals surface area (Å²) in [4.78, 5) is 0. The summed E-state index contributed by atoms with van der Waals surface area (Å²) in [5, 5.41) is 0. The lowest BCUT2D eigenvalue weighted by Gasteiger charge is -2.60. The van der Waals surface area contributed by atoms with Gasteiger partial charge in [0, 0.05) is 0 Å².